The summed E-state index contributed by atoms with van der Waals surface area (Å²) in [7, 11) is -3.87. The van der Waals surface area contributed by atoms with E-state index < -0.39 is 21.2 Å². The van der Waals surface area contributed by atoms with Crippen LogP contribution in [0.1, 0.15) is 18.4 Å². The number of hydrogen-bond acceptors (Lipinski definition) is 5. The summed E-state index contributed by atoms with van der Waals surface area (Å²) in [5, 5.41) is 2.35. The first kappa shape index (κ1) is 21.0. The van der Waals surface area contributed by atoms with Gasteiger partial charge in [0.2, 0.25) is 11.8 Å². The molecule has 1 atom stereocenters. The predicted molar refractivity (Wildman–Crippen MR) is 118 cm³/mol. The SMILES string of the molecule is Cc1cc(Cl)ccc1NS(=O)(=O)c1ccc2c(c1)NC(=O)[C@H](C(=O)N1CCCC1)S2. The van der Waals surface area contributed by atoms with Crippen LogP contribution in [0.15, 0.2) is 46.2 Å². The summed E-state index contributed by atoms with van der Waals surface area (Å²) in [6.07, 6.45) is 1.89. The van der Waals surface area contributed by atoms with E-state index in [1.165, 1.54) is 12.1 Å². The number of fused-ring (bicyclic) bond motifs is 1. The number of hydrogen-bond donors (Lipinski definition) is 2. The van der Waals surface area contributed by atoms with E-state index in [-0.39, 0.29) is 10.8 Å². The quantitative estimate of drug-likeness (QED) is 0.674. The maximum Gasteiger partial charge on any atom is 0.261 e. The zero-order valence-electron chi connectivity index (χ0n) is 16.1. The van der Waals surface area contributed by atoms with E-state index in [1.807, 2.05) is 0 Å². The Hall–Kier alpha value is -2.23. The molecule has 0 spiro atoms. The second kappa shape index (κ2) is 8.13. The van der Waals surface area contributed by atoms with Crippen LogP contribution in [0.2, 0.25) is 5.02 Å². The third-order valence-electron chi connectivity index (χ3n) is 5.08. The van der Waals surface area contributed by atoms with Gasteiger partial charge in [0.15, 0.2) is 5.25 Å². The average molecular weight is 466 g/mol. The Morgan fingerprint density at radius 2 is 1.93 bits per heavy atom. The molecule has 7 nitrogen and oxygen atoms in total. The minimum Gasteiger partial charge on any atom is -0.341 e. The van der Waals surface area contributed by atoms with Crippen LogP contribution in [0, 0.1) is 6.92 Å². The molecule has 2 N–H and O–H groups in total. The number of likely N-dealkylation sites (tertiary alicyclic amines) is 1. The van der Waals surface area contributed by atoms with Gasteiger partial charge in [0.05, 0.1) is 16.3 Å². The van der Waals surface area contributed by atoms with Crippen LogP contribution in [-0.2, 0) is 19.6 Å². The van der Waals surface area contributed by atoms with Crippen molar-refractivity contribution in [3.63, 3.8) is 0 Å². The molecule has 2 aromatic rings. The summed E-state index contributed by atoms with van der Waals surface area (Å²) in [5.41, 5.74) is 1.49. The lowest BCUT2D eigenvalue weighted by atomic mass is 10.2. The summed E-state index contributed by atoms with van der Waals surface area (Å²) in [5.74, 6) is -0.627. The normalized spacial score (nSPS) is 18.7. The number of amides is 2. The van der Waals surface area contributed by atoms with Crippen molar-refractivity contribution in [3.8, 4) is 0 Å². The first-order valence-electron chi connectivity index (χ1n) is 9.44. The molecule has 4 rings (SSSR count). The standard InChI is InChI=1S/C20H20ClN3O4S2/c1-12-10-13(21)4-6-15(12)23-30(27,28)14-5-7-17-16(11-14)22-19(25)18(29-17)20(26)24-8-2-3-9-24/h4-7,10-11,18,23H,2-3,8-9H2,1H3,(H,22,25)/t18-/m1/s1. The fourth-order valence-electron chi connectivity index (χ4n) is 3.47. The van der Waals surface area contributed by atoms with E-state index in [9.17, 15) is 18.0 Å². The molecular formula is C20H20ClN3O4S2. The largest absolute Gasteiger partial charge is 0.341 e. The van der Waals surface area contributed by atoms with Crippen LogP contribution in [0.3, 0.4) is 0 Å². The molecule has 0 saturated carbocycles. The van der Waals surface area contributed by atoms with Crippen LogP contribution in [-0.4, -0.2) is 43.5 Å². The van der Waals surface area contributed by atoms with E-state index in [0.717, 1.165) is 24.6 Å². The monoisotopic (exact) mass is 465 g/mol. The van der Waals surface area contributed by atoms with Gasteiger partial charge in [-0.3, -0.25) is 14.3 Å². The van der Waals surface area contributed by atoms with Gasteiger partial charge in [0.25, 0.3) is 10.0 Å². The zero-order valence-corrected chi connectivity index (χ0v) is 18.5. The van der Waals surface area contributed by atoms with Crippen molar-refractivity contribution in [2.24, 2.45) is 0 Å². The van der Waals surface area contributed by atoms with Gasteiger partial charge in [-0.1, -0.05) is 11.6 Å². The van der Waals surface area contributed by atoms with Crippen LogP contribution in [0.5, 0.6) is 0 Å². The molecule has 0 aromatic heterocycles. The Morgan fingerprint density at radius 1 is 1.20 bits per heavy atom. The molecule has 1 saturated heterocycles. The molecule has 0 unspecified atom stereocenters. The highest BCUT2D eigenvalue weighted by Crippen LogP contribution is 2.38. The highest BCUT2D eigenvalue weighted by molar-refractivity contribution is 8.01. The number of nitrogens with one attached hydrogen (secondary N) is 2. The van der Waals surface area contributed by atoms with Gasteiger partial charge in [-0.15, -0.1) is 11.8 Å². The van der Waals surface area contributed by atoms with Gasteiger partial charge in [-0.25, -0.2) is 8.42 Å². The van der Waals surface area contributed by atoms with Crippen molar-refractivity contribution in [2.75, 3.05) is 23.1 Å². The van der Waals surface area contributed by atoms with E-state index >= 15 is 0 Å². The molecule has 0 aliphatic carbocycles. The topological polar surface area (TPSA) is 95.6 Å². The Bertz CT molecular complexity index is 1130. The number of nitrogens with zero attached hydrogens (tertiary/aromatic N) is 1. The molecule has 2 aliphatic rings. The summed E-state index contributed by atoms with van der Waals surface area (Å²) in [4.78, 5) is 27.5. The van der Waals surface area contributed by atoms with Gasteiger partial charge in [-0.2, -0.15) is 0 Å². The van der Waals surface area contributed by atoms with Gasteiger partial charge >= 0.3 is 0 Å². The smallest absolute Gasteiger partial charge is 0.261 e. The van der Waals surface area contributed by atoms with E-state index in [0.29, 0.717) is 39.9 Å². The molecule has 0 radical (unpaired) electrons. The van der Waals surface area contributed by atoms with Gasteiger partial charge in [0, 0.05) is 23.0 Å². The van der Waals surface area contributed by atoms with Crippen LogP contribution >= 0.6 is 23.4 Å². The number of rotatable bonds is 4. The highest BCUT2D eigenvalue weighted by Gasteiger charge is 2.37. The van der Waals surface area contributed by atoms with Crippen molar-refractivity contribution in [1.82, 2.24) is 4.90 Å². The van der Waals surface area contributed by atoms with Crippen molar-refractivity contribution < 1.29 is 18.0 Å². The maximum absolute atomic E-state index is 12.8. The Balaban J connectivity index is 1.56. The van der Waals surface area contributed by atoms with Gasteiger partial charge < -0.3 is 10.2 Å². The van der Waals surface area contributed by atoms with Crippen molar-refractivity contribution in [2.45, 2.75) is 34.8 Å². The number of carbonyl (C=O) groups excluding carboxylic acids is 2. The lowest BCUT2D eigenvalue weighted by Crippen LogP contribution is -2.43. The van der Waals surface area contributed by atoms with Crippen LogP contribution in [0.4, 0.5) is 11.4 Å². The Morgan fingerprint density at radius 3 is 2.63 bits per heavy atom. The zero-order chi connectivity index (χ0) is 21.5. The molecule has 2 heterocycles. The second-order valence-electron chi connectivity index (χ2n) is 7.24. The molecule has 0 bridgehead atoms. The Labute approximate surface area is 184 Å². The fourth-order valence-corrected chi connectivity index (χ4v) is 5.90. The third kappa shape index (κ3) is 4.14. The lowest BCUT2D eigenvalue weighted by Gasteiger charge is -2.27. The second-order valence-corrected chi connectivity index (χ2v) is 10.5. The first-order chi connectivity index (χ1) is 14.2. The Kier molecular flexibility index (Phi) is 5.69. The number of aryl methyl sites for hydroxylation is 1. The highest BCUT2D eigenvalue weighted by atomic mass is 35.5. The maximum atomic E-state index is 12.8. The van der Waals surface area contributed by atoms with Crippen molar-refractivity contribution in [3.05, 3.63) is 47.0 Å². The van der Waals surface area contributed by atoms with E-state index in [2.05, 4.69) is 10.0 Å². The molecule has 30 heavy (non-hydrogen) atoms. The van der Waals surface area contributed by atoms with Crippen molar-refractivity contribution >= 4 is 56.6 Å². The first-order valence-corrected chi connectivity index (χ1v) is 12.2. The summed E-state index contributed by atoms with van der Waals surface area (Å²) < 4.78 is 28.2. The summed E-state index contributed by atoms with van der Waals surface area (Å²) >= 11 is 7.08. The molecule has 10 heteroatoms. The van der Waals surface area contributed by atoms with Gasteiger partial charge in [0.1, 0.15) is 0 Å². The van der Waals surface area contributed by atoms with Crippen LogP contribution in [0.25, 0.3) is 0 Å². The molecule has 1 fully saturated rings. The summed E-state index contributed by atoms with van der Waals surface area (Å²) in [6.45, 7) is 3.09. The number of carbonyl (C=O) groups is 2. The summed E-state index contributed by atoms with van der Waals surface area (Å²) in [6, 6.07) is 9.36. The number of thioether (sulfide) groups is 1. The molecule has 2 amide bonds. The molecule has 158 valence electrons. The number of benzene rings is 2. The third-order valence-corrected chi connectivity index (χ3v) is 7.94. The van der Waals surface area contributed by atoms with E-state index in [1.54, 1.807) is 36.1 Å². The molecule has 2 aliphatic heterocycles. The number of sulfonamides is 1. The number of anilines is 2. The molecular weight excluding hydrogens is 446 g/mol. The minimum atomic E-state index is -3.87. The minimum absolute atomic E-state index is 0.0146. The fraction of sp³-hybridized carbons (Fsp3) is 0.300. The van der Waals surface area contributed by atoms with Crippen LogP contribution < -0.4 is 10.0 Å². The molecule has 2 aromatic carbocycles. The van der Waals surface area contributed by atoms with Gasteiger partial charge in [-0.05, 0) is 61.7 Å². The lowest BCUT2D eigenvalue weighted by molar-refractivity contribution is -0.133. The van der Waals surface area contributed by atoms with E-state index in [4.69, 9.17) is 11.6 Å². The number of halogens is 1. The predicted octanol–water partition coefficient (Wildman–Crippen LogP) is 3.48. The van der Waals surface area contributed by atoms with Crippen molar-refractivity contribution in [1.29, 1.82) is 0 Å². The average Bonchev–Trinajstić information content (AvgIpc) is 3.23.